The molecule has 9 nitrogen and oxygen atoms in total. The Bertz CT molecular complexity index is 1120. The molecule has 9 heteroatoms. The van der Waals surface area contributed by atoms with Crippen molar-refractivity contribution < 1.29 is 24.2 Å². The van der Waals surface area contributed by atoms with Crippen molar-refractivity contribution >= 4 is 29.3 Å². The summed E-state index contributed by atoms with van der Waals surface area (Å²) in [4.78, 5) is 35.4. The van der Waals surface area contributed by atoms with Gasteiger partial charge in [-0.15, -0.1) is 0 Å². The molecular weight excluding hydrogens is 436 g/mol. The highest BCUT2D eigenvalue weighted by molar-refractivity contribution is 5.86. The number of carbonyl (C=O) groups excluding carboxylic acids is 2. The van der Waals surface area contributed by atoms with Gasteiger partial charge in [-0.1, -0.05) is 60.7 Å². The molecule has 3 aromatic carbocycles. The molecule has 34 heavy (non-hydrogen) atoms. The van der Waals surface area contributed by atoms with Crippen LogP contribution in [0.5, 0.6) is 0 Å². The minimum absolute atomic E-state index is 0.00464. The van der Waals surface area contributed by atoms with Crippen molar-refractivity contribution in [2.24, 2.45) is 10.2 Å². The van der Waals surface area contributed by atoms with E-state index in [4.69, 9.17) is 4.74 Å². The maximum absolute atomic E-state index is 12.1. The Morgan fingerprint density at radius 2 is 1.38 bits per heavy atom. The summed E-state index contributed by atoms with van der Waals surface area (Å²) in [5.74, 6) is -1.79. The summed E-state index contributed by atoms with van der Waals surface area (Å²) in [5.41, 5.74) is 2.89. The molecule has 0 bridgehead atoms. The molecule has 3 aromatic rings. The van der Waals surface area contributed by atoms with Crippen molar-refractivity contribution in [3.8, 4) is 0 Å². The van der Waals surface area contributed by atoms with Crippen molar-refractivity contribution in [1.82, 2.24) is 10.6 Å². The first-order chi connectivity index (χ1) is 16.5. The molecule has 0 saturated carbocycles. The zero-order valence-corrected chi connectivity index (χ0v) is 18.3. The topological polar surface area (TPSA) is 129 Å². The number of alkyl carbamates (subject to hydrolysis) is 1. The number of azo groups is 1. The minimum Gasteiger partial charge on any atom is -0.480 e. The van der Waals surface area contributed by atoms with Gasteiger partial charge in [-0.3, -0.25) is 4.79 Å². The number of amides is 2. The molecule has 0 unspecified atom stereocenters. The van der Waals surface area contributed by atoms with Gasteiger partial charge < -0.3 is 20.5 Å². The van der Waals surface area contributed by atoms with Gasteiger partial charge in [-0.25, -0.2) is 9.59 Å². The van der Waals surface area contributed by atoms with E-state index >= 15 is 0 Å². The Balaban J connectivity index is 1.40. The van der Waals surface area contributed by atoms with Crippen LogP contribution >= 0.6 is 0 Å². The summed E-state index contributed by atoms with van der Waals surface area (Å²) in [5, 5.41) is 22.3. The second kappa shape index (κ2) is 12.5. The number of hydrogen-bond acceptors (Lipinski definition) is 6. The molecule has 0 aliphatic heterocycles. The number of carboxylic acids is 1. The summed E-state index contributed by atoms with van der Waals surface area (Å²) >= 11 is 0. The van der Waals surface area contributed by atoms with E-state index in [1.54, 1.807) is 48.5 Å². The number of nitrogens with zero attached hydrogens (tertiary/aromatic N) is 2. The van der Waals surface area contributed by atoms with E-state index < -0.39 is 30.6 Å². The van der Waals surface area contributed by atoms with Crippen molar-refractivity contribution in [1.29, 1.82) is 0 Å². The normalized spacial score (nSPS) is 11.5. The Labute approximate surface area is 196 Å². The summed E-state index contributed by atoms with van der Waals surface area (Å²) in [6, 6.07) is 24.2. The third-order valence-electron chi connectivity index (χ3n) is 4.65. The van der Waals surface area contributed by atoms with Crippen LogP contribution in [0.4, 0.5) is 16.2 Å². The average Bonchev–Trinajstić information content (AvgIpc) is 2.86. The second-order valence-electron chi connectivity index (χ2n) is 7.28. The van der Waals surface area contributed by atoms with Crippen LogP contribution in [0.15, 0.2) is 95.2 Å². The van der Waals surface area contributed by atoms with E-state index in [1.807, 2.05) is 36.4 Å². The number of carboxylic acid groups (broad SMARTS) is 1. The third kappa shape index (κ3) is 8.19. The van der Waals surface area contributed by atoms with Crippen molar-refractivity contribution in [2.75, 3.05) is 6.54 Å². The molecule has 1 atom stereocenters. The van der Waals surface area contributed by atoms with Gasteiger partial charge in [0.2, 0.25) is 5.91 Å². The number of rotatable bonds is 10. The molecule has 174 valence electrons. The molecule has 0 aromatic heterocycles. The van der Waals surface area contributed by atoms with Crippen LogP contribution in [0.2, 0.25) is 0 Å². The third-order valence-corrected chi connectivity index (χ3v) is 4.65. The summed E-state index contributed by atoms with van der Waals surface area (Å²) < 4.78 is 5.10. The number of benzene rings is 3. The van der Waals surface area contributed by atoms with Gasteiger partial charge in [-0.05, 0) is 35.4 Å². The maximum atomic E-state index is 12.1. The van der Waals surface area contributed by atoms with Gasteiger partial charge in [-0.2, -0.15) is 10.2 Å². The van der Waals surface area contributed by atoms with Crippen LogP contribution in [-0.4, -0.2) is 35.7 Å². The SMILES string of the molecule is O=C(CNC(=O)OCc1ccc(N=Nc2ccccc2)cc1)N[C@@H](Cc1ccccc1)C(=O)O. The first-order valence-electron chi connectivity index (χ1n) is 10.5. The predicted octanol–water partition coefficient (Wildman–Crippen LogP) is 4.14. The molecule has 2 amide bonds. The van der Waals surface area contributed by atoms with Crippen LogP contribution in [0.3, 0.4) is 0 Å². The summed E-state index contributed by atoms with van der Waals surface area (Å²) in [6.07, 6.45) is -0.661. The molecule has 3 rings (SSSR count). The smallest absolute Gasteiger partial charge is 0.407 e. The van der Waals surface area contributed by atoms with Gasteiger partial charge in [0.25, 0.3) is 0 Å². The van der Waals surface area contributed by atoms with E-state index in [0.717, 1.165) is 16.8 Å². The number of carbonyl (C=O) groups is 3. The fourth-order valence-corrected chi connectivity index (χ4v) is 2.92. The Kier molecular flexibility index (Phi) is 8.86. The molecule has 0 saturated heterocycles. The molecule has 3 N–H and O–H groups in total. The highest BCUT2D eigenvalue weighted by Gasteiger charge is 2.20. The lowest BCUT2D eigenvalue weighted by Crippen LogP contribution is -2.46. The van der Waals surface area contributed by atoms with Crippen LogP contribution in [-0.2, 0) is 27.4 Å². The maximum Gasteiger partial charge on any atom is 0.407 e. The molecular formula is C25H24N4O5. The molecule has 0 spiro atoms. The lowest BCUT2D eigenvalue weighted by Gasteiger charge is -2.15. The lowest BCUT2D eigenvalue weighted by atomic mass is 10.1. The fourth-order valence-electron chi connectivity index (χ4n) is 2.92. The summed E-state index contributed by atoms with van der Waals surface area (Å²) in [7, 11) is 0. The highest BCUT2D eigenvalue weighted by Crippen LogP contribution is 2.18. The summed E-state index contributed by atoms with van der Waals surface area (Å²) in [6.45, 7) is -0.411. The van der Waals surface area contributed by atoms with Gasteiger partial charge in [0, 0.05) is 6.42 Å². The van der Waals surface area contributed by atoms with Crippen LogP contribution in [0.25, 0.3) is 0 Å². The zero-order valence-electron chi connectivity index (χ0n) is 18.3. The zero-order chi connectivity index (χ0) is 24.2. The monoisotopic (exact) mass is 460 g/mol. The Morgan fingerprint density at radius 1 is 0.794 bits per heavy atom. The highest BCUT2D eigenvalue weighted by atomic mass is 16.5. The molecule has 0 fully saturated rings. The molecule has 0 heterocycles. The van der Waals surface area contributed by atoms with Crippen LogP contribution in [0.1, 0.15) is 11.1 Å². The largest absolute Gasteiger partial charge is 0.480 e. The van der Waals surface area contributed by atoms with Gasteiger partial charge >= 0.3 is 12.1 Å². The van der Waals surface area contributed by atoms with Crippen molar-refractivity contribution in [2.45, 2.75) is 19.1 Å². The first-order valence-corrected chi connectivity index (χ1v) is 10.5. The quantitative estimate of drug-likeness (QED) is 0.392. The fraction of sp³-hybridized carbons (Fsp3) is 0.160. The molecule has 0 aliphatic carbocycles. The van der Waals surface area contributed by atoms with Crippen molar-refractivity contribution in [3.63, 3.8) is 0 Å². The van der Waals surface area contributed by atoms with Crippen LogP contribution < -0.4 is 10.6 Å². The van der Waals surface area contributed by atoms with E-state index in [1.165, 1.54) is 0 Å². The van der Waals surface area contributed by atoms with Gasteiger partial charge in [0.05, 0.1) is 11.4 Å². The lowest BCUT2D eigenvalue weighted by molar-refractivity contribution is -0.141. The molecule has 0 radical (unpaired) electrons. The number of nitrogens with one attached hydrogen (secondary N) is 2. The second-order valence-corrected chi connectivity index (χ2v) is 7.28. The van der Waals surface area contributed by atoms with Crippen LogP contribution in [0, 0.1) is 0 Å². The van der Waals surface area contributed by atoms with E-state index in [0.29, 0.717) is 5.69 Å². The van der Waals surface area contributed by atoms with E-state index in [-0.39, 0.29) is 13.0 Å². The molecule has 0 aliphatic rings. The average molecular weight is 460 g/mol. The standard InChI is InChI=1S/C25H24N4O5/c30-23(27-22(24(31)32)15-18-7-3-1-4-8-18)16-26-25(33)34-17-19-11-13-21(14-12-19)29-28-20-9-5-2-6-10-20/h1-14,22H,15-17H2,(H,26,33)(H,27,30)(H,31,32)/t22-/m0/s1. The number of aliphatic carboxylic acids is 1. The van der Waals surface area contributed by atoms with E-state index in [9.17, 15) is 19.5 Å². The van der Waals surface area contributed by atoms with Gasteiger partial charge in [0.1, 0.15) is 19.2 Å². The number of hydrogen-bond donors (Lipinski definition) is 3. The number of ether oxygens (including phenoxy) is 1. The predicted molar refractivity (Wildman–Crippen MR) is 125 cm³/mol. The Morgan fingerprint density at radius 3 is 2.00 bits per heavy atom. The first kappa shape index (κ1) is 24.1. The van der Waals surface area contributed by atoms with Gasteiger partial charge in [0.15, 0.2) is 0 Å². The minimum atomic E-state index is -1.16. The van der Waals surface area contributed by atoms with E-state index in [2.05, 4.69) is 20.9 Å². The van der Waals surface area contributed by atoms with Crippen molar-refractivity contribution in [3.05, 3.63) is 96.1 Å². The Hall–Kier alpha value is -4.53.